The van der Waals surface area contributed by atoms with Gasteiger partial charge >= 0.3 is 0 Å². The Hall–Kier alpha value is -0.630. The molecule has 2 nitrogen and oxygen atoms in total. The number of halogens is 1. The SMILES string of the molecule is Clc1[c]cnc(CC2CC2)n1. The highest BCUT2D eigenvalue weighted by Crippen LogP contribution is 2.31. The lowest BCUT2D eigenvalue weighted by atomic mass is 10.3. The lowest BCUT2D eigenvalue weighted by Crippen LogP contribution is -1.95. The summed E-state index contributed by atoms with van der Waals surface area (Å²) in [5.74, 6) is 1.67. The fourth-order valence-electron chi connectivity index (χ4n) is 1.01. The molecule has 2 rings (SSSR count). The second-order valence-electron chi connectivity index (χ2n) is 2.87. The minimum atomic E-state index is 0.427. The first-order valence-corrected chi connectivity index (χ1v) is 4.11. The first-order chi connectivity index (χ1) is 5.34. The van der Waals surface area contributed by atoms with E-state index in [1.54, 1.807) is 6.20 Å². The summed E-state index contributed by atoms with van der Waals surface area (Å²) < 4.78 is 0. The fraction of sp³-hybridized carbons (Fsp3) is 0.500. The number of nitrogens with zero attached hydrogens (tertiary/aromatic N) is 2. The molecule has 0 aliphatic heterocycles. The summed E-state index contributed by atoms with van der Waals surface area (Å²) in [6.07, 6.45) is 5.21. The summed E-state index contributed by atoms with van der Waals surface area (Å²) >= 11 is 5.64. The van der Waals surface area contributed by atoms with Gasteiger partial charge in [-0.05, 0) is 18.8 Å². The van der Waals surface area contributed by atoms with Crippen molar-refractivity contribution in [3.05, 3.63) is 23.2 Å². The summed E-state index contributed by atoms with van der Waals surface area (Å²) in [6.45, 7) is 0. The third kappa shape index (κ3) is 1.90. The van der Waals surface area contributed by atoms with Crippen LogP contribution in [0.5, 0.6) is 0 Å². The summed E-state index contributed by atoms with van der Waals surface area (Å²) in [4.78, 5) is 8.12. The lowest BCUT2D eigenvalue weighted by Gasteiger charge is -1.95. The molecule has 1 saturated carbocycles. The highest BCUT2D eigenvalue weighted by molar-refractivity contribution is 6.29. The summed E-state index contributed by atoms with van der Waals surface area (Å²) in [5, 5.41) is 0.427. The maximum Gasteiger partial charge on any atom is 0.140 e. The van der Waals surface area contributed by atoms with Gasteiger partial charge in [-0.15, -0.1) is 0 Å². The van der Waals surface area contributed by atoms with E-state index in [4.69, 9.17) is 11.6 Å². The second kappa shape index (κ2) is 2.78. The number of rotatable bonds is 2. The molecule has 0 amide bonds. The van der Waals surface area contributed by atoms with E-state index in [0.29, 0.717) is 5.15 Å². The normalized spacial score (nSPS) is 16.8. The predicted octanol–water partition coefficient (Wildman–Crippen LogP) is 1.88. The highest BCUT2D eigenvalue weighted by atomic mass is 35.5. The number of hydrogen-bond donors (Lipinski definition) is 0. The van der Waals surface area contributed by atoms with Crippen molar-refractivity contribution in [2.24, 2.45) is 5.92 Å². The zero-order valence-electron chi connectivity index (χ0n) is 6.05. The minimum absolute atomic E-state index is 0.427. The van der Waals surface area contributed by atoms with Crippen molar-refractivity contribution >= 4 is 11.6 Å². The van der Waals surface area contributed by atoms with Crippen molar-refractivity contribution in [1.82, 2.24) is 9.97 Å². The molecule has 1 aromatic rings. The molecule has 0 atom stereocenters. The van der Waals surface area contributed by atoms with Crippen molar-refractivity contribution in [3.63, 3.8) is 0 Å². The van der Waals surface area contributed by atoms with Crippen LogP contribution in [0, 0.1) is 12.0 Å². The highest BCUT2D eigenvalue weighted by Gasteiger charge is 2.22. The van der Waals surface area contributed by atoms with Gasteiger partial charge in [-0.1, -0.05) is 11.6 Å². The molecule has 1 aliphatic carbocycles. The van der Waals surface area contributed by atoms with Crippen LogP contribution >= 0.6 is 11.6 Å². The Morgan fingerprint density at radius 2 is 2.45 bits per heavy atom. The number of aromatic nitrogens is 2. The van der Waals surface area contributed by atoms with Gasteiger partial charge in [0, 0.05) is 18.7 Å². The monoisotopic (exact) mass is 167 g/mol. The molecule has 0 spiro atoms. The third-order valence-corrected chi connectivity index (χ3v) is 1.99. The van der Waals surface area contributed by atoms with E-state index in [9.17, 15) is 0 Å². The third-order valence-electron chi connectivity index (χ3n) is 1.79. The van der Waals surface area contributed by atoms with Crippen molar-refractivity contribution in [2.75, 3.05) is 0 Å². The molecular formula is C8H8ClN2. The lowest BCUT2D eigenvalue weighted by molar-refractivity contribution is 0.769. The van der Waals surface area contributed by atoms with E-state index in [0.717, 1.165) is 18.2 Å². The Labute approximate surface area is 70.6 Å². The van der Waals surface area contributed by atoms with Gasteiger partial charge in [-0.25, -0.2) is 9.97 Å². The van der Waals surface area contributed by atoms with Crippen molar-refractivity contribution in [2.45, 2.75) is 19.3 Å². The van der Waals surface area contributed by atoms with Crippen LogP contribution < -0.4 is 0 Å². The van der Waals surface area contributed by atoms with Crippen molar-refractivity contribution in [3.8, 4) is 0 Å². The van der Waals surface area contributed by atoms with Crippen LogP contribution in [0.2, 0.25) is 5.15 Å². The van der Waals surface area contributed by atoms with Gasteiger partial charge in [-0.2, -0.15) is 0 Å². The Bertz CT molecular complexity index is 258. The zero-order chi connectivity index (χ0) is 7.68. The van der Waals surface area contributed by atoms with Crippen LogP contribution in [-0.4, -0.2) is 9.97 Å². The maximum atomic E-state index is 5.64. The number of hydrogen-bond acceptors (Lipinski definition) is 2. The first kappa shape index (κ1) is 7.04. The van der Waals surface area contributed by atoms with Gasteiger partial charge in [0.05, 0.1) is 0 Å². The molecule has 57 valence electrons. The van der Waals surface area contributed by atoms with E-state index in [2.05, 4.69) is 16.0 Å². The fourth-order valence-corrected chi connectivity index (χ4v) is 1.16. The molecule has 1 radical (unpaired) electrons. The van der Waals surface area contributed by atoms with Crippen LogP contribution in [0.15, 0.2) is 6.20 Å². The van der Waals surface area contributed by atoms with E-state index in [-0.39, 0.29) is 0 Å². The molecule has 11 heavy (non-hydrogen) atoms. The van der Waals surface area contributed by atoms with Gasteiger partial charge in [0.25, 0.3) is 0 Å². The van der Waals surface area contributed by atoms with Gasteiger partial charge in [0.1, 0.15) is 11.0 Å². The van der Waals surface area contributed by atoms with Crippen LogP contribution in [-0.2, 0) is 6.42 Å². The molecule has 1 fully saturated rings. The Morgan fingerprint density at radius 3 is 3.09 bits per heavy atom. The quantitative estimate of drug-likeness (QED) is 0.629. The van der Waals surface area contributed by atoms with Crippen LogP contribution in [0.1, 0.15) is 18.7 Å². The Kier molecular flexibility index (Phi) is 1.78. The summed E-state index contributed by atoms with van der Waals surface area (Å²) in [5.41, 5.74) is 0. The van der Waals surface area contributed by atoms with Gasteiger partial charge < -0.3 is 0 Å². The van der Waals surface area contributed by atoms with Crippen LogP contribution in [0.3, 0.4) is 0 Å². The zero-order valence-corrected chi connectivity index (χ0v) is 6.80. The average Bonchev–Trinajstić information content (AvgIpc) is 2.71. The average molecular weight is 168 g/mol. The molecule has 1 aliphatic rings. The topological polar surface area (TPSA) is 25.8 Å². The molecule has 0 aromatic carbocycles. The Morgan fingerprint density at radius 1 is 1.64 bits per heavy atom. The van der Waals surface area contributed by atoms with Crippen LogP contribution in [0.4, 0.5) is 0 Å². The molecule has 0 unspecified atom stereocenters. The van der Waals surface area contributed by atoms with Crippen LogP contribution in [0.25, 0.3) is 0 Å². The van der Waals surface area contributed by atoms with E-state index in [1.165, 1.54) is 12.8 Å². The molecule has 0 saturated heterocycles. The van der Waals surface area contributed by atoms with E-state index in [1.807, 2.05) is 0 Å². The van der Waals surface area contributed by atoms with Crippen molar-refractivity contribution < 1.29 is 0 Å². The molecule has 3 heteroatoms. The molecular weight excluding hydrogens is 160 g/mol. The van der Waals surface area contributed by atoms with E-state index >= 15 is 0 Å². The standard InChI is InChI=1S/C8H8ClN2/c9-7-3-4-10-8(11-7)5-6-1-2-6/h4,6H,1-2,5H2. The van der Waals surface area contributed by atoms with E-state index < -0.39 is 0 Å². The maximum absolute atomic E-state index is 5.64. The van der Waals surface area contributed by atoms with Gasteiger partial charge in [-0.3, -0.25) is 0 Å². The molecule has 1 aromatic heterocycles. The minimum Gasteiger partial charge on any atom is -0.241 e. The molecule has 1 heterocycles. The Balaban J connectivity index is 2.10. The smallest absolute Gasteiger partial charge is 0.140 e. The molecule has 0 N–H and O–H groups in total. The summed E-state index contributed by atoms with van der Waals surface area (Å²) in [6, 6.07) is 2.71. The largest absolute Gasteiger partial charge is 0.241 e. The predicted molar refractivity (Wildman–Crippen MR) is 42.3 cm³/mol. The second-order valence-corrected chi connectivity index (χ2v) is 3.23. The van der Waals surface area contributed by atoms with Gasteiger partial charge in [0.15, 0.2) is 0 Å². The van der Waals surface area contributed by atoms with Gasteiger partial charge in [0.2, 0.25) is 0 Å². The molecule has 0 bridgehead atoms. The summed E-state index contributed by atoms with van der Waals surface area (Å²) in [7, 11) is 0. The first-order valence-electron chi connectivity index (χ1n) is 3.73. The van der Waals surface area contributed by atoms with Crippen molar-refractivity contribution in [1.29, 1.82) is 0 Å².